The Kier molecular flexibility index (Phi) is 37.0. The Morgan fingerprint density at radius 1 is 0.625 bits per heavy atom. The van der Waals surface area contributed by atoms with Crippen LogP contribution in [0.4, 0.5) is 0 Å². The number of rotatable bonds is 4. The zero-order valence-electron chi connectivity index (χ0n) is 13.8. The van der Waals surface area contributed by atoms with Crippen LogP contribution in [-0.4, -0.2) is 4.98 Å². The second-order valence-corrected chi connectivity index (χ2v) is 6.52. The first-order valence-electron chi connectivity index (χ1n) is 4.04. The van der Waals surface area contributed by atoms with Crippen LogP contribution in [0, 0.1) is 0 Å². The molecule has 0 saturated heterocycles. The fourth-order valence-electron chi connectivity index (χ4n) is 0.572. The Hall–Kier alpha value is 4.56. The van der Waals surface area contributed by atoms with Crippen LogP contribution in [0.3, 0.4) is 0 Å². The molecular formula is C5H5NNa5O10P3. The molecule has 1 aromatic rings. The summed E-state index contributed by atoms with van der Waals surface area (Å²) in [5.74, 6) is 0. The third-order valence-corrected chi connectivity index (χ3v) is 4.17. The number of hydrogen-bond donors (Lipinski definition) is 0. The molecule has 0 aliphatic heterocycles. The molecule has 0 spiro atoms. The molecule has 11 nitrogen and oxygen atoms in total. The van der Waals surface area contributed by atoms with E-state index in [0.717, 1.165) is 0 Å². The third kappa shape index (κ3) is 34.1. The molecule has 0 atom stereocenters. The van der Waals surface area contributed by atoms with E-state index in [-0.39, 0.29) is 148 Å². The van der Waals surface area contributed by atoms with Crippen molar-refractivity contribution >= 4 is 23.5 Å². The summed E-state index contributed by atoms with van der Waals surface area (Å²) in [6.45, 7) is 0. The van der Waals surface area contributed by atoms with Gasteiger partial charge in [-0.2, -0.15) is 0 Å². The molecule has 1 heterocycles. The van der Waals surface area contributed by atoms with Crippen molar-refractivity contribution in [3.05, 3.63) is 30.6 Å². The molecule has 1 rings (SSSR count). The predicted molar refractivity (Wildman–Crippen MR) is 49.2 cm³/mol. The fraction of sp³-hybridized carbons (Fsp3) is 0. The summed E-state index contributed by atoms with van der Waals surface area (Å²) in [6, 6.07) is 5.72. The molecule has 24 heavy (non-hydrogen) atoms. The van der Waals surface area contributed by atoms with Crippen LogP contribution < -0.4 is 172 Å². The molecule has 0 amide bonds. The van der Waals surface area contributed by atoms with Crippen LogP contribution >= 0.6 is 23.5 Å². The molecule has 0 bridgehead atoms. The van der Waals surface area contributed by atoms with Gasteiger partial charge in [0.2, 0.25) is 0 Å². The second-order valence-electron chi connectivity index (χ2n) is 2.53. The summed E-state index contributed by atoms with van der Waals surface area (Å²) in [6.07, 6.45) is 3.50. The molecule has 0 unspecified atom stereocenters. The third-order valence-electron chi connectivity index (χ3n) is 0.966. The van der Waals surface area contributed by atoms with E-state index in [1.54, 1.807) is 12.4 Å². The summed E-state index contributed by atoms with van der Waals surface area (Å²) in [7, 11) is -17.9. The van der Waals surface area contributed by atoms with E-state index in [0.29, 0.717) is 0 Å². The van der Waals surface area contributed by atoms with Crippen LogP contribution in [0.2, 0.25) is 0 Å². The van der Waals surface area contributed by atoms with Gasteiger partial charge >= 0.3 is 148 Å². The van der Waals surface area contributed by atoms with Gasteiger partial charge in [-0.3, -0.25) is 18.2 Å². The number of phosphoric acid groups is 3. The summed E-state index contributed by atoms with van der Waals surface area (Å²) in [4.78, 5) is 52.4. The maximum atomic E-state index is 10.1. The van der Waals surface area contributed by atoms with Gasteiger partial charge in [-0.25, -0.2) is 0 Å². The van der Waals surface area contributed by atoms with Gasteiger partial charge in [-0.15, -0.1) is 0 Å². The molecule has 110 valence electrons. The molecule has 19 heteroatoms. The van der Waals surface area contributed by atoms with Crippen molar-refractivity contribution in [2.45, 2.75) is 0 Å². The zero-order valence-corrected chi connectivity index (χ0v) is 26.4. The van der Waals surface area contributed by atoms with Crippen LogP contribution in [0.5, 0.6) is 0 Å². The first-order chi connectivity index (χ1) is 8.41. The summed E-state index contributed by atoms with van der Waals surface area (Å²) < 4.78 is 34.7. The molecule has 0 aromatic carbocycles. The van der Waals surface area contributed by atoms with E-state index in [4.69, 9.17) is 0 Å². The smallest absolute Gasteiger partial charge is 0.790 e. The Bertz CT molecular complexity index is 470. The van der Waals surface area contributed by atoms with E-state index in [9.17, 15) is 38.2 Å². The maximum absolute atomic E-state index is 10.1. The average Bonchev–Trinajstić information content (AvgIpc) is 2.13. The van der Waals surface area contributed by atoms with Crippen molar-refractivity contribution in [1.29, 1.82) is 0 Å². The Morgan fingerprint density at radius 2 is 0.917 bits per heavy atom. The van der Waals surface area contributed by atoms with Gasteiger partial charge in [-0.1, -0.05) is 6.07 Å². The molecular weight excluding hydrogens is 442 g/mol. The van der Waals surface area contributed by atoms with Crippen molar-refractivity contribution in [1.82, 2.24) is 4.98 Å². The van der Waals surface area contributed by atoms with Crippen LogP contribution in [0.1, 0.15) is 0 Å². The Labute approximate surface area is 249 Å². The van der Waals surface area contributed by atoms with Gasteiger partial charge in [0.05, 0.1) is 15.6 Å². The second kappa shape index (κ2) is 20.8. The average molecular weight is 447 g/mol. The first kappa shape index (κ1) is 42.6. The minimum Gasteiger partial charge on any atom is -0.790 e. The fourth-order valence-corrected chi connectivity index (χ4v) is 2.92. The molecule has 1 aromatic heterocycles. The van der Waals surface area contributed by atoms with E-state index in [2.05, 4.69) is 13.6 Å². The van der Waals surface area contributed by atoms with Crippen LogP contribution in [-0.2, 0) is 22.3 Å². The molecule has 0 aliphatic rings. The van der Waals surface area contributed by atoms with E-state index >= 15 is 0 Å². The van der Waals surface area contributed by atoms with E-state index < -0.39 is 23.5 Å². The number of pyridine rings is 1. The number of nitrogens with zero attached hydrogens (tertiary/aromatic N) is 1. The monoisotopic (exact) mass is 447 g/mol. The summed E-state index contributed by atoms with van der Waals surface area (Å²) >= 11 is 0. The standard InChI is InChI=1S/C5H5N.5Na.H5O10P3/c1-2-4-6-5-3-1;;;;;;1-11(2,3)9-13(7,8)10-12(4,5)6/h1-5H;;;;;;(H,7,8)(H2,1,2,3)(H2,4,5,6)/q;5*+1;/p-5. The minimum atomic E-state index is -5.97. The van der Waals surface area contributed by atoms with Gasteiger partial charge in [0.25, 0.3) is 7.82 Å². The van der Waals surface area contributed by atoms with Gasteiger partial charge in [0.1, 0.15) is 0 Å². The topological polar surface area (TPSA) is 198 Å². The van der Waals surface area contributed by atoms with Gasteiger partial charge < -0.3 is 33.6 Å². The van der Waals surface area contributed by atoms with Crippen molar-refractivity contribution in [2.24, 2.45) is 0 Å². The minimum absolute atomic E-state index is 0. The van der Waals surface area contributed by atoms with E-state index in [1.807, 2.05) is 18.2 Å². The predicted octanol–water partition coefficient (Wildman–Crippen LogP) is -17.8. The van der Waals surface area contributed by atoms with Gasteiger partial charge in [0, 0.05) is 12.4 Å². The normalized spacial score (nSPS) is 9.88. The van der Waals surface area contributed by atoms with Crippen molar-refractivity contribution in [3.63, 3.8) is 0 Å². The Morgan fingerprint density at radius 3 is 1.04 bits per heavy atom. The van der Waals surface area contributed by atoms with Crippen molar-refractivity contribution < 1.29 is 195 Å². The SMILES string of the molecule is O=P([O-])([O-])OP(=O)([O-])OP(=O)([O-])[O-].[Na+].[Na+].[Na+].[Na+].[Na+].c1ccncc1. The largest absolute Gasteiger partial charge is 1.00 e. The Balaban J connectivity index is -0.0000000641. The summed E-state index contributed by atoms with van der Waals surface area (Å²) in [5, 5.41) is 0. The summed E-state index contributed by atoms with van der Waals surface area (Å²) in [5.41, 5.74) is 0. The van der Waals surface area contributed by atoms with Gasteiger partial charge in [-0.05, 0) is 12.1 Å². The van der Waals surface area contributed by atoms with E-state index in [1.165, 1.54) is 0 Å². The van der Waals surface area contributed by atoms with Crippen molar-refractivity contribution in [3.8, 4) is 0 Å². The van der Waals surface area contributed by atoms with Gasteiger partial charge in [0.15, 0.2) is 0 Å². The van der Waals surface area contributed by atoms with Crippen LogP contribution in [0.15, 0.2) is 30.6 Å². The molecule has 0 aliphatic carbocycles. The zero-order chi connectivity index (χ0) is 15.2. The quantitative estimate of drug-likeness (QED) is 0.314. The van der Waals surface area contributed by atoms with Crippen LogP contribution in [0.25, 0.3) is 0 Å². The molecule has 0 saturated carbocycles. The number of aromatic nitrogens is 1. The maximum Gasteiger partial charge on any atom is 1.00 e. The number of hydrogen-bond acceptors (Lipinski definition) is 11. The first-order valence-corrected chi connectivity index (χ1v) is 8.42. The van der Waals surface area contributed by atoms with Crippen molar-refractivity contribution in [2.75, 3.05) is 0 Å². The molecule has 0 N–H and O–H groups in total. The molecule has 0 fully saturated rings. The molecule has 0 radical (unpaired) electrons.